The molecule has 122 valence electrons. The van der Waals surface area contributed by atoms with Crippen molar-refractivity contribution in [3.63, 3.8) is 0 Å². The minimum atomic E-state index is -1.01. The van der Waals surface area contributed by atoms with Crippen molar-refractivity contribution in [2.75, 3.05) is 13.6 Å². The number of rotatable bonds is 5. The van der Waals surface area contributed by atoms with E-state index in [0.717, 1.165) is 4.68 Å². The van der Waals surface area contributed by atoms with Gasteiger partial charge in [0.25, 0.3) is 5.91 Å². The largest absolute Gasteiger partial charge is 0.481 e. The lowest BCUT2D eigenvalue weighted by Crippen LogP contribution is -2.33. The Morgan fingerprint density at radius 2 is 2.17 bits per heavy atom. The molecule has 0 aliphatic carbocycles. The number of benzene rings is 1. The number of carboxylic acid groups (broad SMARTS) is 1. The normalized spacial score (nSPS) is 12.0. The average Bonchev–Trinajstić information content (AvgIpc) is 2.98. The number of carboxylic acids is 1. The highest BCUT2D eigenvalue weighted by Crippen LogP contribution is 2.20. The zero-order chi connectivity index (χ0) is 17.1. The van der Waals surface area contributed by atoms with E-state index in [1.54, 1.807) is 6.07 Å². The van der Waals surface area contributed by atoms with Crippen LogP contribution in [0.4, 0.5) is 4.39 Å². The Kier molecular flexibility index (Phi) is 4.95. The van der Waals surface area contributed by atoms with E-state index < -0.39 is 23.6 Å². The van der Waals surface area contributed by atoms with Gasteiger partial charge in [-0.1, -0.05) is 29.8 Å². The number of hydrogen-bond donors (Lipinski definition) is 1. The van der Waals surface area contributed by atoms with Gasteiger partial charge in [-0.2, -0.15) is 0 Å². The second-order valence-electron chi connectivity index (χ2n) is 5.05. The number of carbonyl (C=O) groups excluding carboxylic acids is 1. The van der Waals surface area contributed by atoms with Gasteiger partial charge in [0.15, 0.2) is 11.5 Å². The lowest BCUT2D eigenvalue weighted by atomic mass is 10.2. The van der Waals surface area contributed by atoms with Crippen LogP contribution in [-0.4, -0.2) is 50.5 Å². The highest BCUT2D eigenvalue weighted by Gasteiger charge is 2.21. The molecule has 2 rings (SSSR count). The minimum absolute atomic E-state index is 0.0204. The fourth-order valence-corrected chi connectivity index (χ4v) is 2.09. The van der Waals surface area contributed by atoms with Gasteiger partial charge in [0.2, 0.25) is 0 Å². The van der Waals surface area contributed by atoms with Crippen LogP contribution < -0.4 is 0 Å². The van der Waals surface area contributed by atoms with E-state index in [1.807, 2.05) is 0 Å². The molecule has 0 aliphatic rings. The number of carbonyl (C=O) groups is 2. The quantitative estimate of drug-likeness (QED) is 0.897. The molecular formula is C14H14ClFN4O3. The zero-order valence-electron chi connectivity index (χ0n) is 12.4. The molecule has 0 radical (unpaired) electrons. The van der Waals surface area contributed by atoms with Crippen LogP contribution >= 0.6 is 11.6 Å². The van der Waals surface area contributed by atoms with Crippen molar-refractivity contribution < 1.29 is 19.1 Å². The van der Waals surface area contributed by atoms with Crippen molar-refractivity contribution in [1.29, 1.82) is 0 Å². The number of amides is 1. The van der Waals surface area contributed by atoms with Gasteiger partial charge in [-0.25, -0.2) is 9.07 Å². The first-order chi connectivity index (χ1) is 10.8. The van der Waals surface area contributed by atoms with Crippen LogP contribution in [0, 0.1) is 11.7 Å². The van der Waals surface area contributed by atoms with Crippen molar-refractivity contribution in [1.82, 2.24) is 19.9 Å². The van der Waals surface area contributed by atoms with E-state index >= 15 is 0 Å². The van der Waals surface area contributed by atoms with Gasteiger partial charge < -0.3 is 10.0 Å². The Morgan fingerprint density at radius 1 is 1.48 bits per heavy atom. The number of halogens is 2. The highest BCUT2D eigenvalue weighted by atomic mass is 35.5. The third kappa shape index (κ3) is 3.65. The van der Waals surface area contributed by atoms with Crippen LogP contribution in [0.2, 0.25) is 5.02 Å². The molecule has 0 saturated carbocycles. The minimum Gasteiger partial charge on any atom is -0.481 e. The van der Waals surface area contributed by atoms with Crippen molar-refractivity contribution in [3.05, 3.63) is 40.9 Å². The molecule has 2 aromatic rings. The van der Waals surface area contributed by atoms with E-state index in [9.17, 15) is 14.0 Å². The number of aliphatic carboxylic acids is 1. The summed E-state index contributed by atoms with van der Waals surface area (Å²) in [7, 11) is 1.46. The topological polar surface area (TPSA) is 88.3 Å². The monoisotopic (exact) mass is 340 g/mol. The summed E-state index contributed by atoms with van der Waals surface area (Å²) in [5.41, 5.74) is 0.0371. The molecule has 23 heavy (non-hydrogen) atoms. The molecule has 1 heterocycles. The van der Waals surface area contributed by atoms with E-state index in [1.165, 1.54) is 37.2 Å². The van der Waals surface area contributed by atoms with Gasteiger partial charge in [0, 0.05) is 13.6 Å². The Labute approximate surface area is 136 Å². The van der Waals surface area contributed by atoms with Crippen LogP contribution in [0.1, 0.15) is 17.4 Å². The standard InChI is InChI=1S/C14H14ClFN4O3/c1-8(14(22)23)6-19(2)13(21)10-7-20(18-17-10)11-5-3-4-9(15)12(11)16/h3-5,7-8H,6H2,1-2H3,(H,22,23). The fourth-order valence-electron chi connectivity index (χ4n) is 1.92. The van der Waals surface area contributed by atoms with Crippen LogP contribution in [-0.2, 0) is 4.79 Å². The lowest BCUT2D eigenvalue weighted by Gasteiger charge is -2.17. The molecule has 9 heteroatoms. The van der Waals surface area contributed by atoms with E-state index in [2.05, 4.69) is 10.3 Å². The first-order valence-corrected chi connectivity index (χ1v) is 7.04. The summed E-state index contributed by atoms with van der Waals surface area (Å²) in [6.07, 6.45) is 1.26. The summed E-state index contributed by atoms with van der Waals surface area (Å²) in [4.78, 5) is 24.2. The maximum absolute atomic E-state index is 13.9. The van der Waals surface area contributed by atoms with Gasteiger partial charge >= 0.3 is 5.97 Å². The van der Waals surface area contributed by atoms with Crippen LogP contribution in [0.3, 0.4) is 0 Å². The predicted molar refractivity (Wildman–Crippen MR) is 80.1 cm³/mol. The van der Waals surface area contributed by atoms with Gasteiger partial charge in [-0.05, 0) is 12.1 Å². The number of nitrogens with zero attached hydrogens (tertiary/aromatic N) is 4. The maximum atomic E-state index is 13.9. The fraction of sp³-hybridized carbons (Fsp3) is 0.286. The van der Waals surface area contributed by atoms with Crippen LogP contribution in [0.15, 0.2) is 24.4 Å². The van der Waals surface area contributed by atoms with E-state index in [-0.39, 0.29) is 22.9 Å². The summed E-state index contributed by atoms with van der Waals surface area (Å²) in [6.45, 7) is 1.51. The molecule has 0 bridgehead atoms. The summed E-state index contributed by atoms with van der Waals surface area (Å²) in [5.74, 6) is -2.91. The lowest BCUT2D eigenvalue weighted by molar-refractivity contribution is -0.141. The van der Waals surface area contributed by atoms with Crippen LogP contribution in [0.5, 0.6) is 0 Å². The van der Waals surface area contributed by atoms with Gasteiger partial charge in [0.05, 0.1) is 17.1 Å². The second-order valence-corrected chi connectivity index (χ2v) is 5.45. The molecule has 0 spiro atoms. The second kappa shape index (κ2) is 6.74. The third-order valence-electron chi connectivity index (χ3n) is 3.21. The number of hydrogen-bond acceptors (Lipinski definition) is 4. The molecule has 7 nitrogen and oxygen atoms in total. The molecule has 0 saturated heterocycles. The van der Waals surface area contributed by atoms with Crippen molar-refractivity contribution >= 4 is 23.5 Å². The average molecular weight is 341 g/mol. The highest BCUT2D eigenvalue weighted by molar-refractivity contribution is 6.30. The first kappa shape index (κ1) is 16.9. The molecule has 1 unspecified atom stereocenters. The molecule has 1 aromatic carbocycles. The Balaban J connectivity index is 2.20. The van der Waals surface area contributed by atoms with E-state index in [0.29, 0.717) is 0 Å². The predicted octanol–water partition coefficient (Wildman–Crippen LogP) is 1.85. The van der Waals surface area contributed by atoms with Crippen molar-refractivity contribution in [2.24, 2.45) is 5.92 Å². The van der Waals surface area contributed by atoms with Crippen molar-refractivity contribution in [3.8, 4) is 5.69 Å². The smallest absolute Gasteiger partial charge is 0.308 e. The number of aromatic nitrogens is 3. The molecule has 0 fully saturated rings. The summed E-state index contributed by atoms with van der Waals surface area (Å²) >= 11 is 5.70. The Bertz CT molecular complexity index is 749. The SMILES string of the molecule is CC(CN(C)C(=O)c1cn(-c2cccc(Cl)c2F)nn1)C(=O)O. The Hall–Kier alpha value is -2.48. The van der Waals surface area contributed by atoms with Gasteiger partial charge in [-0.3, -0.25) is 9.59 Å². The Morgan fingerprint density at radius 3 is 2.83 bits per heavy atom. The molecule has 1 atom stereocenters. The van der Waals surface area contributed by atoms with Crippen LogP contribution in [0.25, 0.3) is 5.69 Å². The van der Waals surface area contributed by atoms with E-state index in [4.69, 9.17) is 16.7 Å². The molecule has 1 aromatic heterocycles. The summed E-state index contributed by atoms with van der Waals surface area (Å²) in [5, 5.41) is 16.2. The van der Waals surface area contributed by atoms with Crippen molar-refractivity contribution in [2.45, 2.75) is 6.92 Å². The zero-order valence-corrected chi connectivity index (χ0v) is 13.2. The molecule has 0 aliphatic heterocycles. The molecule has 1 N–H and O–H groups in total. The third-order valence-corrected chi connectivity index (χ3v) is 3.50. The molecule has 1 amide bonds. The summed E-state index contributed by atoms with van der Waals surface area (Å²) in [6, 6.07) is 4.38. The first-order valence-electron chi connectivity index (χ1n) is 6.66. The summed E-state index contributed by atoms with van der Waals surface area (Å²) < 4.78 is 15.0. The molecular weight excluding hydrogens is 327 g/mol. The maximum Gasteiger partial charge on any atom is 0.308 e. The van der Waals surface area contributed by atoms with Gasteiger partial charge in [-0.15, -0.1) is 5.10 Å². The van der Waals surface area contributed by atoms with Gasteiger partial charge in [0.1, 0.15) is 5.69 Å².